The van der Waals surface area contributed by atoms with Crippen LogP contribution >= 0.6 is 0 Å². The molecule has 106 valence electrons. The van der Waals surface area contributed by atoms with E-state index < -0.39 is 5.41 Å². The van der Waals surface area contributed by atoms with Crippen molar-refractivity contribution in [3.05, 3.63) is 54.1 Å². The van der Waals surface area contributed by atoms with Gasteiger partial charge in [-0.2, -0.15) is 5.26 Å². The largest absolute Gasteiger partial charge is 0.341 e. The topological polar surface area (TPSA) is 52.8 Å². The molecule has 0 bridgehead atoms. The van der Waals surface area contributed by atoms with Crippen molar-refractivity contribution in [3.63, 3.8) is 0 Å². The van der Waals surface area contributed by atoms with Gasteiger partial charge in [-0.05, 0) is 36.6 Å². The maximum Gasteiger partial charge on any atom is 0.225 e. The molecule has 4 nitrogen and oxygen atoms in total. The molecule has 5 heteroatoms. The highest BCUT2D eigenvalue weighted by atomic mass is 19.1. The van der Waals surface area contributed by atoms with Crippen molar-refractivity contribution in [2.24, 2.45) is 0 Å². The predicted molar refractivity (Wildman–Crippen MR) is 77.2 cm³/mol. The van der Waals surface area contributed by atoms with E-state index in [0.717, 1.165) is 5.56 Å². The Labute approximate surface area is 122 Å². The van der Waals surface area contributed by atoms with Crippen LogP contribution < -0.4 is 4.90 Å². The molecule has 1 saturated heterocycles. The van der Waals surface area contributed by atoms with Crippen LogP contribution in [0.2, 0.25) is 0 Å². The van der Waals surface area contributed by atoms with Crippen molar-refractivity contribution in [1.29, 1.82) is 5.26 Å². The summed E-state index contributed by atoms with van der Waals surface area (Å²) in [5.41, 5.74) is 0.145. The molecule has 0 unspecified atom stereocenters. The number of aromatic nitrogens is 2. The lowest BCUT2D eigenvalue weighted by Gasteiger charge is -2.37. The first-order valence-corrected chi connectivity index (χ1v) is 6.93. The van der Waals surface area contributed by atoms with Gasteiger partial charge in [-0.3, -0.25) is 0 Å². The second kappa shape index (κ2) is 5.49. The Kier molecular flexibility index (Phi) is 3.53. The molecule has 0 radical (unpaired) electrons. The van der Waals surface area contributed by atoms with Gasteiger partial charge in [-0.15, -0.1) is 0 Å². The molecule has 3 rings (SSSR count). The highest BCUT2D eigenvalue weighted by Crippen LogP contribution is 2.35. The number of nitrogens with zero attached hydrogens (tertiary/aromatic N) is 4. The molecule has 0 saturated carbocycles. The highest BCUT2D eigenvalue weighted by Gasteiger charge is 2.37. The van der Waals surface area contributed by atoms with Gasteiger partial charge in [-0.1, -0.05) is 12.1 Å². The Morgan fingerprint density at radius 1 is 1.14 bits per heavy atom. The van der Waals surface area contributed by atoms with Gasteiger partial charge in [0.15, 0.2) is 0 Å². The quantitative estimate of drug-likeness (QED) is 0.849. The number of nitriles is 1. The van der Waals surface area contributed by atoms with Crippen molar-refractivity contribution >= 4 is 5.95 Å². The third-order valence-corrected chi connectivity index (χ3v) is 4.04. The molecule has 21 heavy (non-hydrogen) atoms. The fourth-order valence-corrected chi connectivity index (χ4v) is 2.79. The number of piperidine rings is 1. The summed E-state index contributed by atoms with van der Waals surface area (Å²) in [4.78, 5) is 10.5. The summed E-state index contributed by atoms with van der Waals surface area (Å²) in [7, 11) is 0. The zero-order valence-corrected chi connectivity index (χ0v) is 11.5. The number of halogens is 1. The minimum atomic E-state index is -0.618. The summed E-state index contributed by atoms with van der Waals surface area (Å²) >= 11 is 0. The van der Waals surface area contributed by atoms with Crippen LogP contribution in [0.1, 0.15) is 18.4 Å². The van der Waals surface area contributed by atoms with E-state index in [1.807, 2.05) is 6.07 Å². The van der Waals surface area contributed by atoms with E-state index in [9.17, 15) is 9.65 Å². The fraction of sp³-hybridized carbons (Fsp3) is 0.312. The van der Waals surface area contributed by atoms with Crippen LogP contribution in [0.25, 0.3) is 0 Å². The third-order valence-electron chi connectivity index (χ3n) is 4.04. The first kappa shape index (κ1) is 13.5. The lowest BCUT2D eigenvalue weighted by Crippen LogP contribution is -2.42. The van der Waals surface area contributed by atoms with Gasteiger partial charge in [-0.25, -0.2) is 14.4 Å². The lowest BCUT2D eigenvalue weighted by atomic mass is 9.74. The van der Waals surface area contributed by atoms with E-state index in [2.05, 4.69) is 20.9 Å². The predicted octanol–water partition coefficient (Wildman–Crippen LogP) is 2.68. The average molecular weight is 282 g/mol. The molecule has 0 aliphatic carbocycles. The van der Waals surface area contributed by atoms with Crippen molar-refractivity contribution in [1.82, 2.24) is 9.97 Å². The molecule has 1 aliphatic heterocycles. The smallest absolute Gasteiger partial charge is 0.225 e. The van der Waals surface area contributed by atoms with Crippen molar-refractivity contribution in [2.45, 2.75) is 18.3 Å². The molecule has 1 aromatic carbocycles. The number of benzene rings is 1. The molecule has 1 fully saturated rings. The SMILES string of the molecule is N#CC1(c2cccc(F)c2)CCN(c2ncccn2)CC1. The zero-order valence-electron chi connectivity index (χ0n) is 11.5. The number of hydrogen-bond donors (Lipinski definition) is 0. The van der Waals surface area contributed by atoms with Gasteiger partial charge in [0.25, 0.3) is 0 Å². The first-order chi connectivity index (χ1) is 10.2. The molecule has 0 atom stereocenters. The average Bonchev–Trinajstić information content (AvgIpc) is 2.56. The minimum absolute atomic E-state index is 0.295. The molecule has 2 aromatic rings. The van der Waals surface area contributed by atoms with Crippen LogP contribution in [0.15, 0.2) is 42.7 Å². The Hall–Kier alpha value is -2.48. The molecular weight excluding hydrogens is 267 g/mol. The summed E-state index contributed by atoms with van der Waals surface area (Å²) in [5, 5.41) is 9.62. The van der Waals surface area contributed by atoms with Gasteiger partial charge < -0.3 is 4.90 Å². The summed E-state index contributed by atoms with van der Waals surface area (Å²) in [6.45, 7) is 1.38. The van der Waals surface area contributed by atoms with Gasteiger partial charge in [0.1, 0.15) is 5.82 Å². The molecule has 0 N–H and O–H groups in total. The van der Waals surface area contributed by atoms with Gasteiger partial charge in [0.05, 0.1) is 11.5 Å². The van der Waals surface area contributed by atoms with E-state index in [1.165, 1.54) is 12.1 Å². The maximum atomic E-state index is 13.4. The molecular formula is C16H15FN4. The van der Waals surface area contributed by atoms with E-state index >= 15 is 0 Å². The van der Waals surface area contributed by atoms with E-state index in [4.69, 9.17) is 0 Å². The Morgan fingerprint density at radius 3 is 2.48 bits per heavy atom. The number of rotatable bonds is 2. The summed E-state index contributed by atoms with van der Waals surface area (Å²) < 4.78 is 13.4. The van der Waals surface area contributed by atoms with Gasteiger partial charge >= 0.3 is 0 Å². The normalized spacial score (nSPS) is 17.2. The van der Waals surface area contributed by atoms with E-state index in [1.54, 1.807) is 24.5 Å². The monoisotopic (exact) mass is 282 g/mol. The van der Waals surface area contributed by atoms with Crippen LogP contribution in [0.3, 0.4) is 0 Å². The highest BCUT2D eigenvalue weighted by molar-refractivity contribution is 5.38. The number of hydrogen-bond acceptors (Lipinski definition) is 4. The van der Waals surface area contributed by atoms with Gasteiger partial charge in [0, 0.05) is 25.5 Å². The first-order valence-electron chi connectivity index (χ1n) is 6.93. The van der Waals surface area contributed by atoms with Crippen molar-refractivity contribution in [3.8, 4) is 6.07 Å². The van der Waals surface area contributed by atoms with Crippen LogP contribution in [0.5, 0.6) is 0 Å². The lowest BCUT2D eigenvalue weighted by molar-refractivity contribution is 0.410. The fourth-order valence-electron chi connectivity index (χ4n) is 2.79. The Bertz CT molecular complexity index is 657. The summed E-state index contributed by atoms with van der Waals surface area (Å²) in [6, 6.07) is 10.5. The summed E-state index contributed by atoms with van der Waals surface area (Å²) in [5.74, 6) is 0.388. The summed E-state index contributed by atoms with van der Waals surface area (Å²) in [6.07, 6.45) is 4.71. The zero-order chi connectivity index (χ0) is 14.7. The third kappa shape index (κ3) is 2.57. The molecule has 1 aliphatic rings. The maximum absolute atomic E-state index is 13.4. The van der Waals surface area contributed by atoms with Crippen LogP contribution in [-0.2, 0) is 5.41 Å². The van der Waals surface area contributed by atoms with E-state index in [0.29, 0.717) is 31.9 Å². The second-order valence-electron chi connectivity index (χ2n) is 5.24. The minimum Gasteiger partial charge on any atom is -0.341 e. The van der Waals surface area contributed by atoms with Crippen molar-refractivity contribution < 1.29 is 4.39 Å². The Balaban J connectivity index is 1.81. The van der Waals surface area contributed by atoms with Crippen LogP contribution in [-0.4, -0.2) is 23.1 Å². The molecule has 0 spiro atoms. The van der Waals surface area contributed by atoms with Crippen LogP contribution in [0, 0.1) is 17.1 Å². The number of anilines is 1. The molecule has 0 amide bonds. The standard InChI is InChI=1S/C16H15FN4/c17-14-4-1-3-13(11-14)16(12-18)5-9-21(10-6-16)15-19-7-2-8-20-15/h1-4,7-8,11H,5-6,9-10H2. The molecule has 2 heterocycles. The molecule has 1 aromatic heterocycles. The van der Waals surface area contributed by atoms with E-state index in [-0.39, 0.29) is 5.82 Å². The Morgan fingerprint density at radius 2 is 1.86 bits per heavy atom. The van der Waals surface area contributed by atoms with Crippen molar-refractivity contribution in [2.75, 3.05) is 18.0 Å². The second-order valence-corrected chi connectivity index (χ2v) is 5.24. The van der Waals surface area contributed by atoms with Crippen LogP contribution in [0.4, 0.5) is 10.3 Å². The van der Waals surface area contributed by atoms with Gasteiger partial charge in [0.2, 0.25) is 5.95 Å².